The van der Waals surface area contributed by atoms with Crippen LogP contribution >= 0.6 is 11.9 Å². The fourth-order valence-electron chi connectivity index (χ4n) is 0.522. The Kier molecular flexibility index (Phi) is 2.82. The third kappa shape index (κ3) is 3.78. The lowest BCUT2D eigenvalue weighted by atomic mass is 10.7. The van der Waals surface area contributed by atoms with Crippen molar-refractivity contribution in [2.75, 3.05) is 39.5 Å². The summed E-state index contributed by atoms with van der Waals surface area (Å²) in [4.78, 5) is 2.22. The zero-order chi connectivity index (χ0) is 6.69. The van der Waals surface area contributed by atoms with Crippen molar-refractivity contribution in [2.45, 2.75) is 0 Å². The van der Waals surface area contributed by atoms with Crippen LogP contribution in [0.1, 0.15) is 0 Å². The lowest BCUT2D eigenvalue weighted by Crippen LogP contribution is -2.15. The maximum atomic E-state index is 2.38. The molecule has 0 saturated carbocycles. The van der Waals surface area contributed by atoms with Crippen LogP contribution in [-0.2, 0) is 0 Å². The van der Waals surface area contributed by atoms with Crippen molar-refractivity contribution in [3.05, 3.63) is 0 Å². The van der Waals surface area contributed by atoms with Gasteiger partial charge in [-0.05, 0) is 14.1 Å². The first-order valence-corrected chi connectivity index (χ1v) is 4.26. The predicted octanol–water partition coefficient (Wildman–Crippen LogP) is 0.512. The van der Waals surface area contributed by atoms with E-state index in [-0.39, 0.29) is 0 Å². The third-order valence-electron chi connectivity index (χ3n) is 1.22. The van der Waals surface area contributed by atoms with Crippen LogP contribution in [0.3, 0.4) is 0 Å². The molecule has 54 valence electrons. The third-order valence-corrected chi connectivity index (χ3v) is 2.31. The van der Waals surface area contributed by atoms with Crippen molar-refractivity contribution < 1.29 is 0 Å². The Morgan fingerprint density at radius 1 is 1.44 bits per heavy atom. The van der Waals surface area contributed by atoms with Crippen LogP contribution in [0.5, 0.6) is 0 Å². The fraction of sp³-hybridized carbons (Fsp3) is 1.00. The van der Waals surface area contributed by atoms with E-state index in [0.29, 0.717) is 0 Å². The van der Waals surface area contributed by atoms with Crippen molar-refractivity contribution in [3.63, 3.8) is 0 Å². The van der Waals surface area contributed by atoms with E-state index in [1.54, 1.807) is 0 Å². The van der Waals surface area contributed by atoms with Gasteiger partial charge in [-0.25, -0.2) is 4.31 Å². The molecule has 0 aromatic carbocycles. The molecular weight excluding hydrogens is 132 g/mol. The molecule has 1 aliphatic rings. The smallest absolute Gasteiger partial charge is 0.0227 e. The van der Waals surface area contributed by atoms with Gasteiger partial charge >= 0.3 is 0 Å². The molecule has 1 heterocycles. The molecule has 0 spiro atoms. The van der Waals surface area contributed by atoms with E-state index in [2.05, 4.69) is 23.3 Å². The summed E-state index contributed by atoms with van der Waals surface area (Å²) in [5, 5.41) is 0. The summed E-state index contributed by atoms with van der Waals surface area (Å²) < 4.78 is 2.38. The van der Waals surface area contributed by atoms with Crippen LogP contribution in [0.2, 0.25) is 0 Å². The second kappa shape index (κ2) is 3.44. The van der Waals surface area contributed by atoms with Gasteiger partial charge < -0.3 is 4.90 Å². The van der Waals surface area contributed by atoms with Gasteiger partial charge in [-0.2, -0.15) is 0 Å². The second-order valence-corrected chi connectivity index (χ2v) is 3.75. The number of rotatable bonds is 4. The lowest BCUT2D eigenvalue weighted by molar-refractivity contribution is 0.437. The Morgan fingerprint density at radius 2 is 2.11 bits per heavy atom. The van der Waals surface area contributed by atoms with Gasteiger partial charge in [0.2, 0.25) is 0 Å². The molecule has 0 radical (unpaired) electrons. The largest absolute Gasteiger partial charge is 0.309 e. The summed E-state index contributed by atoms with van der Waals surface area (Å²) in [5.74, 6) is 1.24. The van der Waals surface area contributed by atoms with Gasteiger partial charge in [0, 0.05) is 25.4 Å². The molecule has 0 amide bonds. The highest BCUT2D eigenvalue weighted by Gasteiger charge is 2.16. The lowest BCUT2D eigenvalue weighted by Gasteiger charge is -2.07. The minimum absolute atomic E-state index is 1.20. The molecule has 0 atom stereocenters. The Labute approximate surface area is 61.3 Å². The maximum Gasteiger partial charge on any atom is 0.0227 e. The van der Waals surface area contributed by atoms with E-state index < -0.39 is 0 Å². The molecule has 0 aliphatic carbocycles. The van der Waals surface area contributed by atoms with E-state index in [0.717, 1.165) is 0 Å². The second-order valence-electron chi connectivity index (χ2n) is 2.57. The van der Waals surface area contributed by atoms with Gasteiger partial charge in [0.25, 0.3) is 0 Å². The Balaban J connectivity index is 1.81. The molecule has 0 N–H and O–H groups in total. The summed E-state index contributed by atoms with van der Waals surface area (Å²) >= 11 is 1.96. The average Bonchev–Trinajstić information content (AvgIpc) is 2.48. The molecule has 0 aromatic heterocycles. The first-order chi connectivity index (χ1) is 4.29. The average molecular weight is 146 g/mol. The monoisotopic (exact) mass is 146 g/mol. The number of hydrogen-bond acceptors (Lipinski definition) is 3. The molecule has 0 unspecified atom stereocenters. The fourth-order valence-corrected chi connectivity index (χ4v) is 1.57. The molecule has 3 heteroatoms. The molecule has 1 rings (SSSR count). The van der Waals surface area contributed by atoms with Crippen molar-refractivity contribution in [1.82, 2.24) is 9.21 Å². The maximum absolute atomic E-state index is 2.38. The predicted molar refractivity (Wildman–Crippen MR) is 42.6 cm³/mol. The zero-order valence-electron chi connectivity index (χ0n) is 6.13. The van der Waals surface area contributed by atoms with Gasteiger partial charge in [-0.1, -0.05) is 11.9 Å². The molecular formula is C6H14N2S. The van der Waals surface area contributed by atoms with Gasteiger partial charge in [0.1, 0.15) is 0 Å². The summed E-state index contributed by atoms with van der Waals surface area (Å²) in [6.45, 7) is 3.80. The van der Waals surface area contributed by atoms with Gasteiger partial charge in [0.15, 0.2) is 0 Å². The molecule has 1 fully saturated rings. The van der Waals surface area contributed by atoms with Crippen molar-refractivity contribution in [1.29, 1.82) is 0 Å². The van der Waals surface area contributed by atoms with E-state index >= 15 is 0 Å². The van der Waals surface area contributed by atoms with Crippen molar-refractivity contribution in [3.8, 4) is 0 Å². The summed E-state index contributed by atoms with van der Waals surface area (Å²) in [5.41, 5.74) is 0. The highest BCUT2D eigenvalue weighted by molar-refractivity contribution is 7.97. The summed E-state index contributed by atoms with van der Waals surface area (Å²) in [6, 6.07) is 0. The van der Waals surface area contributed by atoms with Gasteiger partial charge in [-0.15, -0.1) is 0 Å². The van der Waals surface area contributed by atoms with Crippen LogP contribution in [-0.4, -0.2) is 48.7 Å². The highest BCUT2D eigenvalue weighted by atomic mass is 32.2. The molecule has 0 bridgehead atoms. The molecule has 9 heavy (non-hydrogen) atoms. The number of nitrogens with zero attached hydrogens (tertiary/aromatic N) is 2. The standard InChI is InChI=1S/C6H14N2S/c1-7(2)5-6-9-8-3-4-8/h3-6H2,1-2H3. The first kappa shape index (κ1) is 7.38. The SMILES string of the molecule is CN(C)CCSN1CC1. The molecule has 0 aromatic rings. The quantitative estimate of drug-likeness (QED) is 0.421. The topological polar surface area (TPSA) is 6.25 Å². The Morgan fingerprint density at radius 3 is 2.56 bits per heavy atom. The molecule has 1 aliphatic heterocycles. The Hall–Kier alpha value is 0.270. The first-order valence-electron chi connectivity index (χ1n) is 3.31. The van der Waals surface area contributed by atoms with E-state index in [1.165, 1.54) is 25.4 Å². The molecule has 1 saturated heterocycles. The van der Waals surface area contributed by atoms with Crippen LogP contribution in [0.25, 0.3) is 0 Å². The van der Waals surface area contributed by atoms with E-state index in [9.17, 15) is 0 Å². The van der Waals surface area contributed by atoms with Crippen LogP contribution in [0.4, 0.5) is 0 Å². The van der Waals surface area contributed by atoms with Crippen LogP contribution in [0.15, 0.2) is 0 Å². The van der Waals surface area contributed by atoms with E-state index in [1.807, 2.05) is 11.9 Å². The molecule has 2 nitrogen and oxygen atoms in total. The highest BCUT2D eigenvalue weighted by Crippen LogP contribution is 2.17. The van der Waals surface area contributed by atoms with Crippen LogP contribution in [0, 0.1) is 0 Å². The zero-order valence-corrected chi connectivity index (χ0v) is 6.95. The Bertz CT molecular complexity index is 79.1. The van der Waals surface area contributed by atoms with Crippen LogP contribution < -0.4 is 0 Å². The normalized spacial score (nSPS) is 19.0. The summed E-state index contributed by atoms with van der Waals surface area (Å²) in [6.07, 6.45) is 0. The van der Waals surface area contributed by atoms with Gasteiger partial charge in [0.05, 0.1) is 0 Å². The number of hydrogen-bond donors (Lipinski definition) is 0. The van der Waals surface area contributed by atoms with Crippen molar-refractivity contribution in [2.24, 2.45) is 0 Å². The minimum atomic E-state index is 1.20. The summed E-state index contributed by atoms with van der Waals surface area (Å²) in [7, 11) is 4.23. The minimum Gasteiger partial charge on any atom is -0.309 e. The van der Waals surface area contributed by atoms with E-state index in [4.69, 9.17) is 0 Å². The van der Waals surface area contributed by atoms with Gasteiger partial charge in [-0.3, -0.25) is 0 Å². The van der Waals surface area contributed by atoms with Crippen molar-refractivity contribution >= 4 is 11.9 Å².